The first-order valence-electron chi connectivity index (χ1n) is 6.62. The summed E-state index contributed by atoms with van der Waals surface area (Å²) in [6, 6.07) is 3.95. The highest BCUT2D eigenvalue weighted by Gasteiger charge is 2.20. The maximum absolute atomic E-state index is 5.67. The molecule has 1 atom stereocenters. The lowest BCUT2D eigenvalue weighted by atomic mass is 10.1. The molecule has 0 radical (unpaired) electrons. The zero-order valence-electron chi connectivity index (χ0n) is 12.3. The van der Waals surface area contributed by atoms with Gasteiger partial charge in [0.05, 0.1) is 26.9 Å². The second-order valence-electron chi connectivity index (χ2n) is 4.76. The third-order valence-corrected chi connectivity index (χ3v) is 4.17. The van der Waals surface area contributed by atoms with Crippen LogP contribution >= 0.6 is 28.3 Å². The van der Waals surface area contributed by atoms with Gasteiger partial charge in [0, 0.05) is 30.7 Å². The van der Waals surface area contributed by atoms with Crippen molar-refractivity contribution in [2.45, 2.75) is 12.6 Å². The molecule has 1 aliphatic heterocycles. The van der Waals surface area contributed by atoms with E-state index in [4.69, 9.17) is 19.9 Å². The summed E-state index contributed by atoms with van der Waals surface area (Å²) in [6.45, 7) is 3.89. The Morgan fingerprint density at radius 3 is 2.62 bits per heavy atom. The number of rotatable bonds is 5. The molecule has 0 saturated carbocycles. The minimum Gasteiger partial charge on any atom is -0.493 e. The molecule has 1 aliphatic rings. The van der Waals surface area contributed by atoms with E-state index >= 15 is 0 Å². The van der Waals surface area contributed by atoms with Gasteiger partial charge in [-0.2, -0.15) is 0 Å². The first-order chi connectivity index (χ1) is 9.67. The van der Waals surface area contributed by atoms with Crippen LogP contribution in [-0.2, 0) is 11.3 Å². The summed E-state index contributed by atoms with van der Waals surface area (Å²) in [5.74, 6) is 1.47. The van der Waals surface area contributed by atoms with E-state index in [1.807, 2.05) is 12.1 Å². The maximum Gasteiger partial charge on any atom is 0.161 e. The molecule has 1 heterocycles. The van der Waals surface area contributed by atoms with Crippen LogP contribution in [0.5, 0.6) is 11.5 Å². The summed E-state index contributed by atoms with van der Waals surface area (Å²) >= 11 is 3.59. The lowest BCUT2D eigenvalue weighted by Crippen LogP contribution is -2.45. The van der Waals surface area contributed by atoms with Crippen LogP contribution in [0, 0.1) is 0 Å². The largest absolute Gasteiger partial charge is 0.493 e. The Balaban J connectivity index is 0.00000220. The average molecular weight is 382 g/mol. The molecule has 0 bridgehead atoms. The highest BCUT2D eigenvalue weighted by atomic mass is 79.9. The first kappa shape index (κ1) is 18.5. The summed E-state index contributed by atoms with van der Waals surface area (Å²) < 4.78 is 17.2. The van der Waals surface area contributed by atoms with Crippen molar-refractivity contribution in [1.82, 2.24) is 4.90 Å². The van der Waals surface area contributed by atoms with Crippen LogP contribution in [-0.4, -0.2) is 51.5 Å². The normalized spacial score (nSPS) is 19.0. The molecule has 1 aromatic carbocycles. The smallest absolute Gasteiger partial charge is 0.161 e. The molecule has 1 unspecified atom stereocenters. The minimum atomic E-state index is 0. The van der Waals surface area contributed by atoms with E-state index in [9.17, 15) is 0 Å². The van der Waals surface area contributed by atoms with Gasteiger partial charge in [-0.3, -0.25) is 4.90 Å². The standard InChI is InChI=1S/C14H21BrN2O3.ClH/c1-18-13-5-10(12(15)6-14(13)19-2)8-17-3-4-20-11(7-16)9-17;/h5-6,11H,3-4,7-9,16H2,1-2H3;1H. The molecule has 1 fully saturated rings. The molecule has 120 valence electrons. The van der Waals surface area contributed by atoms with Crippen LogP contribution in [0.2, 0.25) is 0 Å². The van der Waals surface area contributed by atoms with E-state index in [-0.39, 0.29) is 18.5 Å². The van der Waals surface area contributed by atoms with Crippen molar-refractivity contribution < 1.29 is 14.2 Å². The van der Waals surface area contributed by atoms with E-state index in [1.165, 1.54) is 5.56 Å². The fourth-order valence-electron chi connectivity index (χ4n) is 2.32. The summed E-state index contributed by atoms with van der Waals surface area (Å²) in [6.07, 6.45) is 0.127. The first-order valence-corrected chi connectivity index (χ1v) is 7.41. The Morgan fingerprint density at radius 2 is 2.00 bits per heavy atom. The van der Waals surface area contributed by atoms with Crippen LogP contribution in [0.4, 0.5) is 0 Å². The quantitative estimate of drug-likeness (QED) is 0.846. The zero-order chi connectivity index (χ0) is 14.5. The number of morpholine rings is 1. The Hall–Kier alpha value is -0.530. The van der Waals surface area contributed by atoms with Crippen molar-refractivity contribution in [2.75, 3.05) is 40.5 Å². The highest BCUT2D eigenvalue weighted by molar-refractivity contribution is 9.10. The lowest BCUT2D eigenvalue weighted by molar-refractivity contribution is -0.0261. The van der Waals surface area contributed by atoms with Crippen LogP contribution in [0.1, 0.15) is 5.56 Å². The van der Waals surface area contributed by atoms with Crippen LogP contribution in [0.25, 0.3) is 0 Å². The second kappa shape index (κ2) is 8.80. The number of methoxy groups -OCH3 is 2. The minimum absolute atomic E-state index is 0. The van der Waals surface area contributed by atoms with Gasteiger partial charge in [0.25, 0.3) is 0 Å². The summed E-state index contributed by atoms with van der Waals surface area (Å²) in [5, 5.41) is 0. The highest BCUT2D eigenvalue weighted by Crippen LogP contribution is 2.34. The van der Waals surface area contributed by atoms with Crippen LogP contribution < -0.4 is 15.2 Å². The van der Waals surface area contributed by atoms with E-state index in [1.54, 1.807) is 14.2 Å². The number of benzene rings is 1. The molecule has 1 aromatic rings. The fourth-order valence-corrected chi connectivity index (χ4v) is 2.77. The fraction of sp³-hybridized carbons (Fsp3) is 0.571. The molecule has 5 nitrogen and oxygen atoms in total. The lowest BCUT2D eigenvalue weighted by Gasteiger charge is -2.32. The van der Waals surface area contributed by atoms with Gasteiger partial charge in [-0.15, -0.1) is 12.4 Å². The SMILES string of the molecule is COc1cc(Br)c(CN2CCOC(CN)C2)cc1OC.Cl. The molecule has 2 N–H and O–H groups in total. The average Bonchev–Trinajstić information content (AvgIpc) is 2.49. The molecule has 0 aliphatic carbocycles. The van der Waals surface area contributed by atoms with Crippen LogP contribution in [0.3, 0.4) is 0 Å². The molecule has 1 saturated heterocycles. The van der Waals surface area contributed by atoms with Gasteiger partial charge >= 0.3 is 0 Å². The molecular formula is C14H22BrClN2O3. The van der Waals surface area contributed by atoms with Gasteiger partial charge in [0.15, 0.2) is 11.5 Å². The van der Waals surface area contributed by atoms with Gasteiger partial charge in [0.2, 0.25) is 0 Å². The van der Waals surface area contributed by atoms with E-state index < -0.39 is 0 Å². The van der Waals surface area contributed by atoms with E-state index in [2.05, 4.69) is 20.8 Å². The number of hydrogen-bond donors (Lipinski definition) is 1. The van der Waals surface area contributed by atoms with Crippen molar-refractivity contribution >= 4 is 28.3 Å². The third kappa shape index (κ3) is 4.72. The summed E-state index contributed by atoms with van der Waals surface area (Å²) in [7, 11) is 3.28. The predicted octanol–water partition coefficient (Wildman–Crippen LogP) is 2.05. The van der Waals surface area contributed by atoms with Gasteiger partial charge in [-0.25, -0.2) is 0 Å². The maximum atomic E-state index is 5.67. The van der Waals surface area contributed by atoms with Gasteiger partial charge in [0.1, 0.15) is 0 Å². The number of nitrogens with two attached hydrogens (primary N) is 1. The number of hydrogen-bond acceptors (Lipinski definition) is 5. The third-order valence-electron chi connectivity index (χ3n) is 3.43. The van der Waals surface area contributed by atoms with Crippen LogP contribution in [0.15, 0.2) is 16.6 Å². The van der Waals surface area contributed by atoms with Crippen molar-refractivity contribution in [3.05, 3.63) is 22.2 Å². The number of ether oxygens (including phenoxy) is 3. The van der Waals surface area contributed by atoms with Gasteiger partial charge < -0.3 is 19.9 Å². The Morgan fingerprint density at radius 1 is 1.33 bits per heavy atom. The number of halogens is 2. The van der Waals surface area contributed by atoms with Crippen molar-refractivity contribution in [1.29, 1.82) is 0 Å². The van der Waals surface area contributed by atoms with Crippen molar-refractivity contribution in [2.24, 2.45) is 5.73 Å². The topological polar surface area (TPSA) is 57.0 Å². The Labute approximate surface area is 140 Å². The summed E-state index contributed by atoms with van der Waals surface area (Å²) in [4.78, 5) is 2.34. The predicted molar refractivity (Wildman–Crippen MR) is 88.6 cm³/mol. The second-order valence-corrected chi connectivity index (χ2v) is 5.62. The Kier molecular flexibility index (Phi) is 7.76. The summed E-state index contributed by atoms with van der Waals surface area (Å²) in [5.41, 5.74) is 6.84. The molecule has 21 heavy (non-hydrogen) atoms. The zero-order valence-corrected chi connectivity index (χ0v) is 14.7. The molecular weight excluding hydrogens is 360 g/mol. The molecule has 0 aromatic heterocycles. The number of nitrogens with zero attached hydrogens (tertiary/aromatic N) is 1. The molecule has 0 amide bonds. The monoisotopic (exact) mass is 380 g/mol. The molecule has 7 heteroatoms. The van der Waals surface area contributed by atoms with E-state index in [0.29, 0.717) is 6.54 Å². The van der Waals surface area contributed by atoms with E-state index in [0.717, 1.165) is 42.2 Å². The van der Waals surface area contributed by atoms with Gasteiger partial charge in [-0.1, -0.05) is 15.9 Å². The van der Waals surface area contributed by atoms with Crippen molar-refractivity contribution in [3.63, 3.8) is 0 Å². The van der Waals surface area contributed by atoms with Crippen molar-refractivity contribution in [3.8, 4) is 11.5 Å². The molecule has 0 spiro atoms. The molecule has 2 rings (SSSR count). The van der Waals surface area contributed by atoms with Gasteiger partial charge in [-0.05, 0) is 17.7 Å². The Bertz CT molecular complexity index is 462.